The first-order chi connectivity index (χ1) is 9.71. The predicted octanol–water partition coefficient (Wildman–Crippen LogP) is 4.10. The van der Waals surface area contributed by atoms with Gasteiger partial charge in [0.25, 0.3) is 0 Å². The van der Waals surface area contributed by atoms with Gasteiger partial charge in [0.15, 0.2) is 11.4 Å². The molecule has 2 aliphatic carbocycles. The van der Waals surface area contributed by atoms with E-state index in [1.807, 2.05) is 0 Å². The van der Waals surface area contributed by atoms with Gasteiger partial charge in [-0.05, 0) is 49.9 Å². The Hall–Kier alpha value is -0.900. The van der Waals surface area contributed by atoms with Gasteiger partial charge in [-0.2, -0.15) is 0 Å². The summed E-state index contributed by atoms with van der Waals surface area (Å²) >= 11 is 1.60. The molecular weight excluding hydrogens is 268 g/mol. The Morgan fingerprint density at radius 1 is 1.30 bits per heavy atom. The largest absolute Gasteiger partial charge is 0.348 e. The van der Waals surface area contributed by atoms with E-state index in [9.17, 15) is 4.79 Å². The molecule has 0 amide bonds. The Balaban J connectivity index is 1.80. The summed E-state index contributed by atoms with van der Waals surface area (Å²) in [6.07, 6.45) is 7.50. The van der Waals surface area contributed by atoms with Crippen LogP contribution in [-0.2, 0) is 0 Å². The molecule has 20 heavy (non-hydrogen) atoms. The molecule has 1 heterocycles. The van der Waals surface area contributed by atoms with Crippen molar-refractivity contribution in [2.45, 2.75) is 51.9 Å². The molecule has 0 aliphatic heterocycles. The number of carbonyl (C=O) groups excluding carboxylic acids is 1. The molecule has 0 aromatic carbocycles. The Morgan fingerprint density at radius 2 is 1.90 bits per heavy atom. The van der Waals surface area contributed by atoms with E-state index < -0.39 is 0 Å². The third-order valence-corrected chi connectivity index (χ3v) is 5.53. The Bertz CT molecular complexity index is 463. The summed E-state index contributed by atoms with van der Waals surface area (Å²) in [7, 11) is 0. The van der Waals surface area contributed by atoms with E-state index >= 15 is 0 Å². The van der Waals surface area contributed by atoms with Crippen LogP contribution in [-0.4, -0.2) is 24.4 Å². The van der Waals surface area contributed by atoms with Gasteiger partial charge in [-0.3, -0.25) is 4.79 Å². The van der Waals surface area contributed by atoms with Crippen LogP contribution in [0.4, 0.5) is 5.13 Å². The minimum Gasteiger partial charge on any atom is -0.348 e. The zero-order valence-electron chi connectivity index (χ0n) is 12.5. The average Bonchev–Trinajstić information content (AvgIpc) is 3.38. The maximum atomic E-state index is 11.3. The van der Waals surface area contributed by atoms with Crippen LogP contribution < -0.4 is 4.90 Å². The minimum atomic E-state index is 0.379. The Morgan fingerprint density at radius 3 is 2.35 bits per heavy atom. The molecule has 2 saturated carbocycles. The highest BCUT2D eigenvalue weighted by Gasteiger charge is 2.31. The summed E-state index contributed by atoms with van der Waals surface area (Å²) in [5, 5.41) is 1.08. The molecular formula is C16H24N2OS. The number of hydrogen-bond acceptors (Lipinski definition) is 4. The first-order valence-corrected chi connectivity index (χ1v) is 8.73. The Kier molecular flexibility index (Phi) is 4.11. The molecule has 1 unspecified atom stereocenters. The third-order valence-electron chi connectivity index (χ3n) is 4.48. The Labute approximate surface area is 125 Å². The second-order valence-electron chi connectivity index (χ2n) is 6.46. The van der Waals surface area contributed by atoms with Gasteiger partial charge in [-0.15, -0.1) is 0 Å². The minimum absolute atomic E-state index is 0.379. The molecule has 110 valence electrons. The molecule has 0 N–H and O–H groups in total. The maximum Gasteiger partial charge on any atom is 0.186 e. The highest BCUT2D eigenvalue weighted by molar-refractivity contribution is 7.17. The number of hydrogen-bond donors (Lipinski definition) is 0. The highest BCUT2D eigenvalue weighted by Crippen LogP contribution is 2.38. The summed E-state index contributed by atoms with van der Waals surface area (Å²) in [4.78, 5) is 19.4. The molecule has 1 aromatic rings. The number of carbonyl (C=O) groups is 1. The van der Waals surface area contributed by atoms with E-state index in [0.29, 0.717) is 5.92 Å². The van der Waals surface area contributed by atoms with E-state index in [-0.39, 0.29) is 0 Å². The maximum absolute atomic E-state index is 11.3. The van der Waals surface area contributed by atoms with Crippen molar-refractivity contribution in [1.29, 1.82) is 0 Å². The van der Waals surface area contributed by atoms with E-state index in [2.05, 4.69) is 18.7 Å². The number of thiazole rings is 1. The van der Waals surface area contributed by atoms with Gasteiger partial charge in [-0.25, -0.2) is 4.98 Å². The SMILES string of the molecule is CCC(C)c1nc(N(CC2CC2)CC2CC2)sc1C=O. The fraction of sp³-hybridized carbons (Fsp3) is 0.750. The number of aromatic nitrogens is 1. The monoisotopic (exact) mass is 292 g/mol. The van der Waals surface area contributed by atoms with Crippen LogP contribution in [0.2, 0.25) is 0 Å². The number of nitrogens with zero attached hydrogens (tertiary/aromatic N) is 2. The summed E-state index contributed by atoms with van der Waals surface area (Å²) in [5.41, 5.74) is 1.01. The van der Waals surface area contributed by atoms with Crippen molar-refractivity contribution >= 4 is 22.8 Å². The lowest BCUT2D eigenvalue weighted by Crippen LogP contribution is -2.27. The quantitative estimate of drug-likeness (QED) is 0.676. The molecule has 0 radical (unpaired) electrons. The first kappa shape index (κ1) is 14.1. The van der Waals surface area contributed by atoms with E-state index in [4.69, 9.17) is 4.98 Å². The van der Waals surface area contributed by atoms with Gasteiger partial charge in [0, 0.05) is 13.1 Å². The van der Waals surface area contributed by atoms with Gasteiger partial charge in [0.05, 0.1) is 10.6 Å². The van der Waals surface area contributed by atoms with Gasteiger partial charge >= 0.3 is 0 Å². The molecule has 1 aromatic heterocycles. The number of anilines is 1. The topological polar surface area (TPSA) is 33.2 Å². The van der Waals surface area contributed by atoms with Crippen LogP contribution in [0, 0.1) is 11.8 Å². The zero-order chi connectivity index (χ0) is 14.1. The van der Waals surface area contributed by atoms with Crippen LogP contribution in [0.25, 0.3) is 0 Å². The number of rotatable bonds is 8. The lowest BCUT2D eigenvalue weighted by molar-refractivity contribution is 0.112. The lowest BCUT2D eigenvalue weighted by Gasteiger charge is -2.21. The molecule has 4 heteroatoms. The predicted molar refractivity (Wildman–Crippen MR) is 83.9 cm³/mol. The van der Waals surface area contributed by atoms with E-state index in [1.165, 1.54) is 25.7 Å². The van der Waals surface area contributed by atoms with Crippen LogP contribution in [0.3, 0.4) is 0 Å². The smallest absolute Gasteiger partial charge is 0.186 e. The van der Waals surface area contributed by atoms with Crippen molar-refractivity contribution in [3.63, 3.8) is 0 Å². The van der Waals surface area contributed by atoms with E-state index in [1.54, 1.807) is 11.3 Å². The van der Waals surface area contributed by atoms with Gasteiger partial charge in [0.1, 0.15) is 0 Å². The molecule has 2 fully saturated rings. The van der Waals surface area contributed by atoms with E-state index in [0.717, 1.165) is 53.3 Å². The van der Waals surface area contributed by atoms with Crippen LogP contribution in [0.15, 0.2) is 0 Å². The van der Waals surface area contributed by atoms with Gasteiger partial charge < -0.3 is 4.90 Å². The van der Waals surface area contributed by atoms with Crippen LogP contribution in [0.5, 0.6) is 0 Å². The summed E-state index contributed by atoms with van der Waals surface area (Å²) in [6.45, 7) is 6.60. The summed E-state index contributed by atoms with van der Waals surface area (Å²) < 4.78 is 0. The standard InChI is InChI=1S/C16H24N2OS/c1-3-11(2)15-14(10-19)20-16(17-15)18(8-12-4-5-12)9-13-6-7-13/h10-13H,3-9H2,1-2H3. The third kappa shape index (κ3) is 3.22. The van der Waals surface area contributed by atoms with Crippen LogP contribution in [0.1, 0.15) is 67.2 Å². The molecule has 0 saturated heterocycles. The fourth-order valence-electron chi connectivity index (χ4n) is 2.55. The second-order valence-corrected chi connectivity index (χ2v) is 7.47. The van der Waals surface area contributed by atoms with Crippen molar-refractivity contribution < 1.29 is 4.79 Å². The van der Waals surface area contributed by atoms with Crippen molar-refractivity contribution in [1.82, 2.24) is 4.98 Å². The van der Waals surface area contributed by atoms with Gasteiger partial charge in [0.2, 0.25) is 0 Å². The first-order valence-electron chi connectivity index (χ1n) is 7.92. The van der Waals surface area contributed by atoms with Crippen molar-refractivity contribution in [3.8, 4) is 0 Å². The second kappa shape index (κ2) is 5.84. The molecule has 3 nitrogen and oxygen atoms in total. The lowest BCUT2D eigenvalue weighted by atomic mass is 10.0. The van der Waals surface area contributed by atoms with Gasteiger partial charge in [-0.1, -0.05) is 25.2 Å². The van der Waals surface area contributed by atoms with Crippen molar-refractivity contribution in [3.05, 3.63) is 10.6 Å². The average molecular weight is 292 g/mol. The highest BCUT2D eigenvalue weighted by atomic mass is 32.1. The fourth-order valence-corrected chi connectivity index (χ4v) is 3.57. The number of aldehydes is 1. The molecule has 2 aliphatic rings. The summed E-state index contributed by atoms with van der Waals surface area (Å²) in [6, 6.07) is 0. The molecule has 0 spiro atoms. The molecule has 0 bridgehead atoms. The van der Waals surface area contributed by atoms with Crippen LogP contribution >= 0.6 is 11.3 Å². The van der Waals surface area contributed by atoms with Crippen molar-refractivity contribution in [2.24, 2.45) is 11.8 Å². The molecule has 1 atom stereocenters. The zero-order valence-corrected chi connectivity index (χ0v) is 13.3. The summed E-state index contributed by atoms with van der Waals surface area (Å²) in [5.74, 6) is 2.11. The normalized spacial score (nSPS) is 19.9. The van der Waals surface area contributed by atoms with Crippen molar-refractivity contribution in [2.75, 3.05) is 18.0 Å². The molecule has 3 rings (SSSR count).